The van der Waals surface area contributed by atoms with Gasteiger partial charge in [0, 0.05) is 19.3 Å². The van der Waals surface area contributed by atoms with Crippen LogP contribution < -0.4 is 5.32 Å². The Morgan fingerprint density at radius 1 is 1.00 bits per heavy atom. The van der Waals surface area contributed by atoms with Crippen LogP contribution in [-0.4, -0.2) is 18.1 Å². The van der Waals surface area contributed by atoms with Crippen LogP contribution >= 0.6 is 0 Å². The summed E-state index contributed by atoms with van der Waals surface area (Å²) in [5, 5.41) is 3.30. The molecular weight excluding hydrogens is 224 g/mol. The molecule has 0 amide bonds. The Morgan fingerprint density at radius 2 is 1.83 bits per heavy atom. The van der Waals surface area contributed by atoms with Gasteiger partial charge in [-0.1, -0.05) is 36.4 Å². The molecule has 2 aromatic rings. The molecule has 94 valence electrons. The second-order valence-electron chi connectivity index (χ2n) is 4.04. The van der Waals surface area contributed by atoms with E-state index in [4.69, 9.17) is 4.74 Å². The normalized spacial score (nSPS) is 10.4. The molecule has 0 fully saturated rings. The zero-order valence-corrected chi connectivity index (χ0v) is 10.4. The molecule has 2 rings (SSSR count). The van der Waals surface area contributed by atoms with E-state index in [1.165, 1.54) is 5.56 Å². The van der Waals surface area contributed by atoms with Gasteiger partial charge in [-0.2, -0.15) is 0 Å². The van der Waals surface area contributed by atoms with Gasteiger partial charge < -0.3 is 10.1 Å². The molecule has 0 spiro atoms. The average Bonchev–Trinajstić information content (AvgIpc) is 2.45. The minimum atomic E-state index is 0.673. The van der Waals surface area contributed by atoms with Gasteiger partial charge in [0.2, 0.25) is 0 Å². The van der Waals surface area contributed by atoms with Crippen LogP contribution in [0.2, 0.25) is 0 Å². The number of nitrogens with one attached hydrogen (secondary N) is 1. The van der Waals surface area contributed by atoms with Crippen LogP contribution in [0.3, 0.4) is 0 Å². The quantitative estimate of drug-likeness (QED) is 0.757. The summed E-state index contributed by atoms with van der Waals surface area (Å²) >= 11 is 0. The van der Waals surface area contributed by atoms with Crippen molar-refractivity contribution >= 4 is 0 Å². The third kappa shape index (κ3) is 4.65. The van der Waals surface area contributed by atoms with Crippen LogP contribution in [0, 0.1) is 0 Å². The number of benzene rings is 1. The SMILES string of the molecule is c1ccc(COCCNCc2ccccn2)cc1. The summed E-state index contributed by atoms with van der Waals surface area (Å²) in [7, 11) is 0. The van der Waals surface area contributed by atoms with Gasteiger partial charge in [0.25, 0.3) is 0 Å². The Kier molecular flexibility index (Phi) is 5.37. The lowest BCUT2D eigenvalue weighted by Crippen LogP contribution is -2.19. The van der Waals surface area contributed by atoms with Crippen molar-refractivity contribution in [2.75, 3.05) is 13.2 Å². The first kappa shape index (κ1) is 12.7. The van der Waals surface area contributed by atoms with Gasteiger partial charge in [-0.25, -0.2) is 0 Å². The van der Waals surface area contributed by atoms with Gasteiger partial charge >= 0.3 is 0 Å². The summed E-state index contributed by atoms with van der Waals surface area (Å²) in [6, 6.07) is 16.1. The third-order valence-corrected chi connectivity index (χ3v) is 2.57. The number of rotatable bonds is 7. The van der Waals surface area contributed by atoms with Crippen LogP contribution in [0.5, 0.6) is 0 Å². The smallest absolute Gasteiger partial charge is 0.0717 e. The summed E-state index contributed by atoms with van der Waals surface area (Å²) in [4.78, 5) is 4.24. The first-order valence-electron chi connectivity index (χ1n) is 6.17. The van der Waals surface area contributed by atoms with Crippen molar-refractivity contribution in [1.82, 2.24) is 10.3 Å². The van der Waals surface area contributed by atoms with Crippen molar-refractivity contribution in [2.45, 2.75) is 13.2 Å². The van der Waals surface area contributed by atoms with Gasteiger partial charge in [-0.05, 0) is 17.7 Å². The van der Waals surface area contributed by atoms with Gasteiger partial charge in [-0.15, -0.1) is 0 Å². The zero-order chi connectivity index (χ0) is 12.5. The Hall–Kier alpha value is -1.71. The summed E-state index contributed by atoms with van der Waals surface area (Å²) in [6.07, 6.45) is 1.81. The standard InChI is InChI=1S/C15H18N2O/c1-2-6-14(7-3-1)13-18-11-10-16-12-15-8-4-5-9-17-15/h1-9,16H,10-13H2. The summed E-state index contributed by atoms with van der Waals surface area (Å²) in [5.41, 5.74) is 2.27. The van der Waals surface area contributed by atoms with Gasteiger partial charge in [-0.3, -0.25) is 4.98 Å². The number of nitrogens with zero attached hydrogens (tertiary/aromatic N) is 1. The Morgan fingerprint density at radius 3 is 2.61 bits per heavy atom. The van der Waals surface area contributed by atoms with Crippen LogP contribution in [0.15, 0.2) is 54.7 Å². The van der Waals surface area contributed by atoms with Crippen LogP contribution in [-0.2, 0) is 17.9 Å². The molecule has 1 aromatic carbocycles. The molecule has 0 unspecified atom stereocenters. The largest absolute Gasteiger partial charge is 0.375 e. The van der Waals surface area contributed by atoms with E-state index in [-0.39, 0.29) is 0 Å². The molecule has 3 heteroatoms. The molecule has 0 atom stereocenters. The van der Waals surface area contributed by atoms with Crippen molar-refractivity contribution in [3.05, 3.63) is 66.0 Å². The van der Waals surface area contributed by atoms with E-state index in [9.17, 15) is 0 Å². The van der Waals surface area contributed by atoms with E-state index >= 15 is 0 Å². The highest BCUT2D eigenvalue weighted by molar-refractivity contribution is 5.13. The lowest BCUT2D eigenvalue weighted by Gasteiger charge is -2.06. The number of pyridine rings is 1. The van der Waals surface area contributed by atoms with Crippen LogP contribution in [0.25, 0.3) is 0 Å². The molecule has 0 saturated heterocycles. The lowest BCUT2D eigenvalue weighted by atomic mass is 10.2. The van der Waals surface area contributed by atoms with Crippen molar-refractivity contribution in [1.29, 1.82) is 0 Å². The molecular formula is C15H18N2O. The Labute approximate surface area is 108 Å². The predicted molar refractivity (Wildman–Crippen MR) is 72.0 cm³/mol. The number of hydrogen-bond acceptors (Lipinski definition) is 3. The van der Waals surface area contributed by atoms with Crippen molar-refractivity contribution in [2.24, 2.45) is 0 Å². The molecule has 0 aliphatic rings. The van der Waals surface area contributed by atoms with Crippen LogP contribution in [0.1, 0.15) is 11.3 Å². The Balaban J connectivity index is 1.54. The van der Waals surface area contributed by atoms with Gasteiger partial charge in [0.1, 0.15) is 0 Å². The minimum absolute atomic E-state index is 0.673. The molecule has 0 aliphatic heterocycles. The summed E-state index contributed by atoms with van der Waals surface area (Å²) in [6.45, 7) is 3.01. The topological polar surface area (TPSA) is 34.1 Å². The second-order valence-corrected chi connectivity index (χ2v) is 4.04. The van der Waals surface area contributed by atoms with Crippen molar-refractivity contribution < 1.29 is 4.74 Å². The fraction of sp³-hybridized carbons (Fsp3) is 0.267. The van der Waals surface area contributed by atoms with Crippen LogP contribution in [0.4, 0.5) is 0 Å². The molecule has 1 heterocycles. The maximum absolute atomic E-state index is 5.57. The molecule has 0 saturated carbocycles. The van der Waals surface area contributed by atoms with E-state index in [0.29, 0.717) is 13.2 Å². The van der Waals surface area contributed by atoms with Crippen molar-refractivity contribution in [3.63, 3.8) is 0 Å². The van der Waals surface area contributed by atoms with E-state index in [1.54, 1.807) is 0 Å². The summed E-state index contributed by atoms with van der Waals surface area (Å²) < 4.78 is 5.57. The highest BCUT2D eigenvalue weighted by Gasteiger charge is 1.93. The predicted octanol–water partition coefficient (Wildman–Crippen LogP) is 2.39. The first-order valence-corrected chi connectivity index (χ1v) is 6.17. The molecule has 1 N–H and O–H groups in total. The number of ether oxygens (including phenoxy) is 1. The molecule has 3 nitrogen and oxygen atoms in total. The molecule has 18 heavy (non-hydrogen) atoms. The number of hydrogen-bond donors (Lipinski definition) is 1. The third-order valence-electron chi connectivity index (χ3n) is 2.57. The maximum Gasteiger partial charge on any atom is 0.0717 e. The highest BCUT2D eigenvalue weighted by Crippen LogP contribution is 1.99. The maximum atomic E-state index is 5.57. The van der Waals surface area contributed by atoms with E-state index in [1.807, 2.05) is 42.6 Å². The fourth-order valence-electron chi connectivity index (χ4n) is 1.63. The van der Waals surface area contributed by atoms with Gasteiger partial charge in [0.15, 0.2) is 0 Å². The number of aromatic nitrogens is 1. The average molecular weight is 242 g/mol. The van der Waals surface area contributed by atoms with E-state index in [0.717, 1.165) is 18.8 Å². The molecule has 0 radical (unpaired) electrons. The minimum Gasteiger partial charge on any atom is -0.375 e. The Bertz CT molecular complexity index is 387. The second kappa shape index (κ2) is 7.58. The van der Waals surface area contributed by atoms with E-state index < -0.39 is 0 Å². The monoisotopic (exact) mass is 242 g/mol. The molecule has 0 bridgehead atoms. The lowest BCUT2D eigenvalue weighted by molar-refractivity contribution is 0.122. The molecule has 1 aromatic heterocycles. The van der Waals surface area contributed by atoms with E-state index in [2.05, 4.69) is 22.4 Å². The first-order chi connectivity index (χ1) is 8.95. The zero-order valence-electron chi connectivity index (χ0n) is 10.4. The summed E-state index contributed by atoms with van der Waals surface area (Å²) in [5.74, 6) is 0. The van der Waals surface area contributed by atoms with Crippen molar-refractivity contribution in [3.8, 4) is 0 Å². The van der Waals surface area contributed by atoms with Gasteiger partial charge in [0.05, 0.1) is 18.9 Å². The highest BCUT2D eigenvalue weighted by atomic mass is 16.5. The fourth-order valence-corrected chi connectivity index (χ4v) is 1.63. The molecule has 0 aliphatic carbocycles.